The summed E-state index contributed by atoms with van der Waals surface area (Å²) in [4.78, 5) is 24.6. The van der Waals surface area contributed by atoms with Gasteiger partial charge in [-0.05, 0) is 13.3 Å². The maximum atomic E-state index is 11.6. The largest absolute Gasteiger partial charge is 0.279 e. The fourth-order valence-corrected chi connectivity index (χ4v) is 1.93. The maximum Gasteiger partial charge on any atom is 0.229 e. The van der Waals surface area contributed by atoms with E-state index in [9.17, 15) is 9.59 Å². The number of carbonyl (C=O) groups excluding carboxylic acids is 2. The van der Waals surface area contributed by atoms with E-state index in [4.69, 9.17) is 0 Å². The zero-order chi connectivity index (χ0) is 11.5. The smallest absolute Gasteiger partial charge is 0.229 e. The molecule has 1 saturated heterocycles. The molecular weight excluding hydrogens is 210 g/mol. The molecule has 1 aliphatic rings. The van der Waals surface area contributed by atoms with Gasteiger partial charge in [0.05, 0.1) is 6.20 Å². The molecule has 2 rings (SSSR count). The molecular formula is C10H13N3O3. The van der Waals surface area contributed by atoms with E-state index in [0.29, 0.717) is 31.4 Å². The number of carbonyl (C=O) groups is 2. The average molecular weight is 223 g/mol. The van der Waals surface area contributed by atoms with Crippen LogP contribution in [-0.2, 0) is 16.0 Å². The first-order valence-corrected chi connectivity index (χ1v) is 5.30. The number of piperidine rings is 1. The normalized spacial score (nSPS) is 18.9. The third-order valence-electron chi connectivity index (χ3n) is 2.67. The number of hydrogen-bond donors (Lipinski definition) is 0. The van der Waals surface area contributed by atoms with E-state index >= 15 is 0 Å². The van der Waals surface area contributed by atoms with Crippen LogP contribution in [0.2, 0.25) is 0 Å². The van der Waals surface area contributed by atoms with Crippen LogP contribution in [0, 0.1) is 0 Å². The first-order chi connectivity index (χ1) is 7.68. The van der Waals surface area contributed by atoms with E-state index in [1.807, 2.05) is 6.92 Å². The molecule has 16 heavy (non-hydrogen) atoms. The Hall–Kier alpha value is -1.72. The lowest BCUT2D eigenvalue weighted by Gasteiger charge is -2.30. The second-order valence-electron chi connectivity index (χ2n) is 3.96. The van der Waals surface area contributed by atoms with Gasteiger partial charge in [0, 0.05) is 25.3 Å². The van der Waals surface area contributed by atoms with Crippen LogP contribution in [0.3, 0.4) is 0 Å². The summed E-state index contributed by atoms with van der Waals surface area (Å²) in [5.41, 5.74) is 0.652. The monoisotopic (exact) mass is 223 g/mol. The van der Waals surface area contributed by atoms with Gasteiger partial charge in [-0.25, -0.2) is 4.63 Å². The van der Waals surface area contributed by atoms with Crippen molar-refractivity contribution in [3.05, 3.63) is 11.9 Å². The molecule has 1 aromatic heterocycles. The Balaban J connectivity index is 2.05. The third kappa shape index (κ3) is 2.10. The van der Waals surface area contributed by atoms with Gasteiger partial charge in [-0.3, -0.25) is 14.5 Å². The zero-order valence-corrected chi connectivity index (χ0v) is 9.05. The molecule has 1 aliphatic heterocycles. The molecule has 0 saturated carbocycles. The van der Waals surface area contributed by atoms with Crippen molar-refractivity contribution in [2.75, 3.05) is 0 Å². The van der Waals surface area contributed by atoms with Crippen molar-refractivity contribution < 1.29 is 14.2 Å². The van der Waals surface area contributed by atoms with Crippen molar-refractivity contribution in [3.63, 3.8) is 0 Å². The Bertz CT molecular complexity index is 372. The predicted molar refractivity (Wildman–Crippen MR) is 53.2 cm³/mol. The van der Waals surface area contributed by atoms with Crippen LogP contribution >= 0.6 is 0 Å². The highest BCUT2D eigenvalue weighted by molar-refractivity contribution is 5.97. The molecule has 0 bridgehead atoms. The van der Waals surface area contributed by atoms with E-state index in [2.05, 4.69) is 14.9 Å². The summed E-state index contributed by atoms with van der Waals surface area (Å²) in [6.07, 6.45) is 3.54. The highest BCUT2D eigenvalue weighted by Crippen LogP contribution is 2.17. The van der Waals surface area contributed by atoms with Crippen molar-refractivity contribution in [3.8, 4) is 0 Å². The van der Waals surface area contributed by atoms with E-state index in [-0.39, 0.29) is 17.9 Å². The van der Waals surface area contributed by atoms with Crippen molar-refractivity contribution in [1.29, 1.82) is 0 Å². The molecule has 1 fully saturated rings. The SMILES string of the molecule is CC(Cc1cnon1)N1C(=O)CCCC1=O. The Morgan fingerprint density at radius 1 is 1.44 bits per heavy atom. The van der Waals surface area contributed by atoms with Crippen LogP contribution in [0.25, 0.3) is 0 Å². The molecule has 0 N–H and O–H groups in total. The fourth-order valence-electron chi connectivity index (χ4n) is 1.93. The minimum absolute atomic E-state index is 0.0970. The first kappa shape index (κ1) is 10.8. The summed E-state index contributed by atoms with van der Waals surface area (Å²) in [5.74, 6) is -0.194. The maximum absolute atomic E-state index is 11.6. The number of imide groups is 1. The molecule has 86 valence electrons. The van der Waals surface area contributed by atoms with Gasteiger partial charge in [0.1, 0.15) is 5.69 Å². The fraction of sp³-hybridized carbons (Fsp3) is 0.600. The number of aromatic nitrogens is 2. The summed E-state index contributed by atoms with van der Waals surface area (Å²) >= 11 is 0. The molecule has 1 atom stereocenters. The third-order valence-corrected chi connectivity index (χ3v) is 2.67. The summed E-state index contributed by atoms with van der Waals surface area (Å²) in [5, 5.41) is 7.15. The van der Waals surface area contributed by atoms with Crippen LogP contribution < -0.4 is 0 Å². The number of hydrogen-bond acceptors (Lipinski definition) is 5. The van der Waals surface area contributed by atoms with Gasteiger partial charge < -0.3 is 0 Å². The highest BCUT2D eigenvalue weighted by Gasteiger charge is 2.30. The quantitative estimate of drug-likeness (QED) is 0.699. The van der Waals surface area contributed by atoms with Gasteiger partial charge >= 0.3 is 0 Å². The van der Waals surface area contributed by atoms with E-state index in [1.165, 1.54) is 11.1 Å². The van der Waals surface area contributed by atoms with Crippen molar-refractivity contribution in [1.82, 2.24) is 15.2 Å². The standard InChI is InChI=1S/C10H13N3O3/c1-7(5-8-6-11-16-12-8)13-9(14)3-2-4-10(13)15/h6-7H,2-5H2,1H3. The second-order valence-corrected chi connectivity index (χ2v) is 3.96. The lowest BCUT2D eigenvalue weighted by molar-refractivity contribution is -0.150. The molecule has 1 aromatic rings. The molecule has 2 heterocycles. The van der Waals surface area contributed by atoms with Crippen molar-refractivity contribution in [2.24, 2.45) is 0 Å². The Morgan fingerprint density at radius 3 is 2.69 bits per heavy atom. The Kier molecular flexibility index (Phi) is 2.98. The number of nitrogens with zero attached hydrogens (tertiary/aromatic N) is 3. The molecule has 0 aromatic carbocycles. The van der Waals surface area contributed by atoms with E-state index in [1.54, 1.807) is 0 Å². The first-order valence-electron chi connectivity index (χ1n) is 5.30. The molecule has 0 radical (unpaired) electrons. The predicted octanol–water partition coefficient (Wildman–Crippen LogP) is 0.540. The molecule has 6 nitrogen and oxygen atoms in total. The topological polar surface area (TPSA) is 76.3 Å². The minimum Gasteiger partial charge on any atom is -0.279 e. The molecule has 0 spiro atoms. The van der Waals surface area contributed by atoms with Crippen LogP contribution in [0.4, 0.5) is 0 Å². The summed E-state index contributed by atoms with van der Waals surface area (Å²) in [6, 6.07) is -0.188. The lowest BCUT2D eigenvalue weighted by atomic mass is 10.0. The molecule has 1 unspecified atom stereocenters. The van der Waals surface area contributed by atoms with Gasteiger partial charge in [-0.1, -0.05) is 10.3 Å². The van der Waals surface area contributed by atoms with Crippen LogP contribution in [0.1, 0.15) is 31.9 Å². The number of rotatable bonds is 3. The van der Waals surface area contributed by atoms with E-state index < -0.39 is 0 Å². The summed E-state index contributed by atoms with van der Waals surface area (Å²) in [6.45, 7) is 1.83. The second kappa shape index (κ2) is 4.42. The van der Waals surface area contributed by atoms with Crippen molar-refractivity contribution in [2.45, 2.75) is 38.6 Å². The van der Waals surface area contributed by atoms with Gasteiger partial charge in [-0.15, -0.1) is 0 Å². The molecule has 6 heteroatoms. The van der Waals surface area contributed by atoms with Gasteiger partial charge in [0.15, 0.2) is 0 Å². The van der Waals surface area contributed by atoms with Gasteiger partial charge in [0.25, 0.3) is 0 Å². The number of likely N-dealkylation sites (tertiary alicyclic amines) is 1. The minimum atomic E-state index is -0.188. The lowest BCUT2D eigenvalue weighted by Crippen LogP contribution is -2.46. The number of amides is 2. The Morgan fingerprint density at radius 2 is 2.12 bits per heavy atom. The summed E-state index contributed by atoms with van der Waals surface area (Å²) in [7, 11) is 0. The Labute approximate surface area is 92.6 Å². The molecule has 2 amide bonds. The highest BCUT2D eigenvalue weighted by atomic mass is 16.6. The van der Waals surface area contributed by atoms with E-state index in [0.717, 1.165) is 0 Å². The molecule has 0 aliphatic carbocycles. The van der Waals surface area contributed by atoms with Crippen LogP contribution in [0.15, 0.2) is 10.8 Å². The summed E-state index contributed by atoms with van der Waals surface area (Å²) < 4.78 is 4.47. The van der Waals surface area contributed by atoms with Crippen molar-refractivity contribution >= 4 is 11.8 Å². The van der Waals surface area contributed by atoms with Crippen LogP contribution in [0.5, 0.6) is 0 Å². The average Bonchev–Trinajstić information content (AvgIpc) is 2.70. The van der Waals surface area contributed by atoms with Gasteiger partial charge in [-0.2, -0.15) is 0 Å². The zero-order valence-electron chi connectivity index (χ0n) is 9.05. The van der Waals surface area contributed by atoms with Crippen LogP contribution in [-0.4, -0.2) is 33.1 Å². The van der Waals surface area contributed by atoms with Gasteiger partial charge in [0.2, 0.25) is 11.8 Å².